The van der Waals surface area contributed by atoms with Gasteiger partial charge in [0.25, 0.3) is 0 Å². The van der Waals surface area contributed by atoms with Crippen molar-refractivity contribution in [3.63, 3.8) is 0 Å². The number of piperazine rings is 1. The van der Waals surface area contributed by atoms with Gasteiger partial charge in [0, 0.05) is 32.7 Å². The lowest BCUT2D eigenvalue weighted by Crippen LogP contribution is -2.45. The van der Waals surface area contributed by atoms with Crippen LogP contribution < -0.4 is 4.74 Å². The molecule has 0 saturated carbocycles. The SMILES string of the molecule is CN1CCN(CCOCCOc2ccc3c(c2)CCC3)CC1.Cl. The molecule has 0 unspecified atom stereocenters. The van der Waals surface area contributed by atoms with Crippen molar-refractivity contribution in [1.29, 1.82) is 0 Å². The van der Waals surface area contributed by atoms with Gasteiger partial charge in [-0.15, -0.1) is 12.4 Å². The number of ether oxygens (including phenoxy) is 2. The van der Waals surface area contributed by atoms with Crippen molar-refractivity contribution in [2.75, 3.05) is 59.6 Å². The number of aryl methyl sites for hydroxylation is 2. The summed E-state index contributed by atoms with van der Waals surface area (Å²) in [6, 6.07) is 6.51. The minimum atomic E-state index is 0. The van der Waals surface area contributed by atoms with Crippen LogP contribution in [-0.4, -0.2) is 69.4 Å². The van der Waals surface area contributed by atoms with E-state index in [1.165, 1.54) is 43.5 Å². The summed E-state index contributed by atoms with van der Waals surface area (Å²) in [7, 11) is 2.18. The maximum Gasteiger partial charge on any atom is 0.119 e. The molecule has 5 heteroatoms. The van der Waals surface area contributed by atoms with E-state index < -0.39 is 0 Å². The van der Waals surface area contributed by atoms with Crippen LogP contribution in [0, 0.1) is 0 Å². The topological polar surface area (TPSA) is 24.9 Å². The van der Waals surface area contributed by atoms with E-state index in [1.54, 1.807) is 0 Å². The van der Waals surface area contributed by atoms with Gasteiger partial charge in [-0.25, -0.2) is 0 Å². The summed E-state index contributed by atoms with van der Waals surface area (Å²) in [5.41, 5.74) is 2.96. The second kappa shape index (κ2) is 9.48. The fraction of sp³-hybridized carbons (Fsp3) is 0.667. The normalized spacial score (nSPS) is 18.5. The minimum Gasteiger partial charge on any atom is -0.491 e. The van der Waals surface area contributed by atoms with Gasteiger partial charge in [-0.2, -0.15) is 0 Å². The Hall–Kier alpha value is -0.810. The van der Waals surface area contributed by atoms with E-state index in [-0.39, 0.29) is 12.4 Å². The van der Waals surface area contributed by atoms with Crippen molar-refractivity contribution < 1.29 is 9.47 Å². The third-order valence-corrected chi connectivity index (χ3v) is 4.71. The molecule has 0 amide bonds. The van der Waals surface area contributed by atoms with Gasteiger partial charge in [-0.3, -0.25) is 4.90 Å². The van der Waals surface area contributed by atoms with Crippen LogP contribution in [0.15, 0.2) is 18.2 Å². The zero-order valence-electron chi connectivity index (χ0n) is 14.1. The van der Waals surface area contributed by atoms with Crippen LogP contribution in [0.5, 0.6) is 5.75 Å². The zero-order valence-corrected chi connectivity index (χ0v) is 14.9. The molecule has 0 bridgehead atoms. The molecule has 1 aliphatic carbocycles. The van der Waals surface area contributed by atoms with E-state index in [0.717, 1.165) is 32.0 Å². The van der Waals surface area contributed by atoms with E-state index in [9.17, 15) is 0 Å². The summed E-state index contributed by atoms with van der Waals surface area (Å²) in [6.07, 6.45) is 3.72. The highest BCUT2D eigenvalue weighted by molar-refractivity contribution is 5.85. The van der Waals surface area contributed by atoms with Gasteiger partial charge in [0.2, 0.25) is 0 Å². The first-order valence-electron chi connectivity index (χ1n) is 8.54. The van der Waals surface area contributed by atoms with Gasteiger partial charge in [-0.1, -0.05) is 6.07 Å². The van der Waals surface area contributed by atoms with Gasteiger partial charge in [0.1, 0.15) is 12.4 Å². The monoisotopic (exact) mass is 340 g/mol. The Morgan fingerprint density at radius 2 is 1.74 bits per heavy atom. The number of hydrogen-bond donors (Lipinski definition) is 0. The number of fused-ring (bicyclic) bond motifs is 1. The number of halogens is 1. The number of rotatable bonds is 7. The highest BCUT2D eigenvalue weighted by Gasteiger charge is 2.13. The Morgan fingerprint density at radius 1 is 0.957 bits per heavy atom. The molecule has 130 valence electrons. The first-order valence-corrected chi connectivity index (χ1v) is 8.54. The number of nitrogens with zero attached hydrogens (tertiary/aromatic N) is 2. The van der Waals surface area contributed by atoms with Gasteiger partial charge < -0.3 is 14.4 Å². The predicted molar refractivity (Wildman–Crippen MR) is 96.0 cm³/mol. The molecule has 1 heterocycles. The summed E-state index contributed by atoms with van der Waals surface area (Å²) < 4.78 is 11.5. The molecule has 0 N–H and O–H groups in total. The Bertz CT molecular complexity index is 476. The Morgan fingerprint density at radius 3 is 2.57 bits per heavy atom. The quantitative estimate of drug-likeness (QED) is 0.711. The van der Waals surface area contributed by atoms with E-state index in [2.05, 4.69) is 35.0 Å². The first kappa shape index (κ1) is 18.5. The number of benzene rings is 1. The molecule has 1 aromatic rings. The van der Waals surface area contributed by atoms with E-state index >= 15 is 0 Å². The van der Waals surface area contributed by atoms with E-state index in [0.29, 0.717) is 13.2 Å². The van der Waals surface area contributed by atoms with Crippen LogP contribution in [0.3, 0.4) is 0 Å². The van der Waals surface area contributed by atoms with Crippen molar-refractivity contribution in [2.24, 2.45) is 0 Å². The summed E-state index contributed by atoms with van der Waals surface area (Å²) in [5.74, 6) is 0.989. The first-order chi connectivity index (χ1) is 10.8. The van der Waals surface area contributed by atoms with Crippen LogP contribution in [-0.2, 0) is 17.6 Å². The molecule has 23 heavy (non-hydrogen) atoms. The van der Waals surface area contributed by atoms with Gasteiger partial charge in [0.05, 0.1) is 13.2 Å². The van der Waals surface area contributed by atoms with Crippen molar-refractivity contribution in [3.8, 4) is 5.75 Å². The average Bonchev–Trinajstić information content (AvgIpc) is 3.00. The van der Waals surface area contributed by atoms with Crippen molar-refractivity contribution in [1.82, 2.24) is 9.80 Å². The second-order valence-corrected chi connectivity index (χ2v) is 6.39. The molecule has 3 rings (SSSR count). The molecule has 1 aliphatic heterocycles. The molecule has 0 aromatic heterocycles. The lowest BCUT2D eigenvalue weighted by Gasteiger charge is -2.32. The van der Waals surface area contributed by atoms with Crippen LogP contribution in [0.2, 0.25) is 0 Å². The molecular formula is C18H29ClN2O2. The molecule has 0 radical (unpaired) electrons. The summed E-state index contributed by atoms with van der Waals surface area (Å²) in [4.78, 5) is 4.85. The van der Waals surface area contributed by atoms with Gasteiger partial charge in [0.15, 0.2) is 0 Å². The summed E-state index contributed by atoms with van der Waals surface area (Å²) in [6.45, 7) is 7.80. The smallest absolute Gasteiger partial charge is 0.119 e. The molecular weight excluding hydrogens is 312 g/mol. The molecule has 4 nitrogen and oxygen atoms in total. The third kappa shape index (κ3) is 5.64. The van der Waals surface area contributed by atoms with Crippen LogP contribution in [0.25, 0.3) is 0 Å². The highest BCUT2D eigenvalue weighted by Crippen LogP contribution is 2.25. The molecule has 1 aromatic carbocycles. The average molecular weight is 341 g/mol. The second-order valence-electron chi connectivity index (χ2n) is 6.39. The highest BCUT2D eigenvalue weighted by atomic mass is 35.5. The maximum atomic E-state index is 5.79. The largest absolute Gasteiger partial charge is 0.491 e. The lowest BCUT2D eigenvalue weighted by molar-refractivity contribution is 0.0658. The molecule has 2 aliphatic rings. The molecule has 0 atom stereocenters. The number of likely N-dealkylation sites (N-methyl/N-ethyl adjacent to an activating group) is 1. The van der Waals surface area contributed by atoms with Crippen LogP contribution in [0.1, 0.15) is 17.5 Å². The fourth-order valence-corrected chi connectivity index (χ4v) is 3.22. The van der Waals surface area contributed by atoms with Crippen LogP contribution in [0.4, 0.5) is 0 Å². The Balaban J connectivity index is 0.00000192. The Kier molecular flexibility index (Phi) is 7.63. The fourth-order valence-electron chi connectivity index (χ4n) is 3.22. The van der Waals surface area contributed by atoms with Gasteiger partial charge in [-0.05, 0) is 49.6 Å². The molecule has 1 saturated heterocycles. The Labute approximate surface area is 146 Å². The number of hydrogen-bond acceptors (Lipinski definition) is 4. The standard InChI is InChI=1S/C18H28N2O2.ClH/c1-19-7-9-20(10-8-19)11-12-21-13-14-22-18-6-5-16-3-2-4-17(16)15-18;/h5-6,15H,2-4,7-14H2,1H3;1H. The third-order valence-electron chi connectivity index (χ3n) is 4.71. The minimum absolute atomic E-state index is 0. The predicted octanol–water partition coefficient (Wildman–Crippen LogP) is 2.24. The molecule has 1 fully saturated rings. The van der Waals surface area contributed by atoms with Crippen molar-refractivity contribution in [2.45, 2.75) is 19.3 Å². The summed E-state index contributed by atoms with van der Waals surface area (Å²) >= 11 is 0. The molecule has 0 spiro atoms. The van der Waals surface area contributed by atoms with Crippen LogP contribution >= 0.6 is 12.4 Å². The van der Waals surface area contributed by atoms with E-state index in [4.69, 9.17) is 9.47 Å². The summed E-state index contributed by atoms with van der Waals surface area (Å²) in [5, 5.41) is 0. The van der Waals surface area contributed by atoms with Gasteiger partial charge >= 0.3 is 0 Å². The zero-order chi connectivity index (χ0) is 15.2. The lowest BCUT2D eigenvalue weighted by atomic mass is 10.1. The maximum absolute atomic E-state index is 5.79. The van der Waals surface area contributed by atoms with Crippen molar-refractivity contribution >= 4 is 12.4 Å². The van der Waals surface area contributed by atoms with E-state index in [1.807, 2.05) is 0 Å². The van der Waals surface area contributed by atoms with Crippen molar-refractivity contribution in [3.05, 3.63) is 29.3 Å².